The summed E-state index contributed by atoms with van der Waals surface area (Å²) in [6, 6.07) is -0.0212. The lowest BCUT2D eigenvalue weighted by Gasteiger charge is -2.31. The number of anilines is 1. The molecule has 0 aliphatic heterocycles. The Kier molecular flexibility index (Phi) is 4.67. The van der Waals surface area contributed by atoms with Gasteiger partial charge in [0.05, 0.1) is 12.0 Å². The molecule has 2 unspecified atom stereocenters. The van der Waals surface area contributed by atoms with Gasteiger partial charge in [-0.15, -0.1) is 0 Å². The van der Waals surface area contributed by atoms with Gasteiger partial charge in [0.2, 0.25) is 5.82 Å². The Balaban J connectivity index is 2.26. The van der Waals surface area contributed by atoms with Crippen LogP contribution in [0.5, 0.6) is 5.88 Å². The van der Waals surface area contributed by atoms with E-state index in [1.165, 1.54) is 13.4 Å². The number of aliphatic hydroxyl groups excluding tert-OH is 1. The highest BCUT2D eigenvalue weighted by Crippen LogP contribution is 2.33. The van der Waals surface area contributed by atoms with Gasteiger partial charge in [-0.2, -0.15) is 4.98 Å². The van der Waals surface area contributed by atoms with Crippen LogP contribution in [0, 0.1) is 16.0 Å². The zero-order chi connectivity index (χ0) is 14.5. The third-order valence-electron chi connectivity index (χ3n) is 3.63. The minimum absolute atomic E-state index is 0.0212. The molecule has 0 bridgehead atoms. The van der Waals surface area contributed by atoms with E-state index in [-0.39, 0.29) is 36.0 Å². The van der Waals surface area contributed by atoms with Gasteiger partial charge in [-0.25, -0.2) is 4.98 Å². The third kappa shape index (κ3) is 2.96. The maximum Gasteiger partial charge on any atom is 0.372 e. The van der Waals surface area contributed by atoms with E-state index < -0.39 is 4.92 Å². The number of hydrogen-bond donors (Lipinski definition) is 2. The normalized spacial score (nSPS) is 22.3. The van der Waals surface area contributed by atoms with Crippen molar-refractivity contribution in [1.29, 1.82) is 0 Å². The Bertz CT molecular complexity index is 483. The molecule has 0 saturated heterocycles. The van der Waals surface area contributed by atoms with Gasteiger partial charge < -0.3 is 15.2 Å². The average Bonchev–Trinajstić information content (AvgIpc) is 2.47. The van der Waals surface area contributed by atoms with Gasteiger partial charge in [-0.1, -0.05) is 12.8 Å². The van der Waals surface area contributed by atoms with Crippen molar-refractivity contribution in [2.75, 3.05) is 19.0 Å². The summed E-state index contributed by atoms with van der Waals surface area (Å²) in [6.07, 6.45) is 5.09. The Morgan fingerprint density at radius 3 is 2.90 bits per heavy atom. The lowest BCUT2D eigenvalue weighted by atomic mass is 9.85. The van der Waals surface area contributed by atoms with Gasteiger partial charge in [0, 0.05) is 18.6 Å². The number of ether oxygens (including phenoxy) is 1. The second-order valence-electron chi connectivity index (χ2n) is 4.82. The average molecular weight is 282 g/mol. The van der Waals surface area contributed by atoms with Gasteiger partial charge in [-0.3, -0.25) is 10.1 Å². The molecule has 2 rings (SSSR count). The Morgan fingerprint density at radius 1 is 1.50 bits per heavy atom. The van der Waals surface area contributed by atoms with Crippen LogP contribution in [-0.2, 0) is 0 Å². The van der Waals surface area contributed by atoms with E-state index in [9.17, 15) is 15.2 Å². The van der Waals surface area contributed by atoms with Crippen LogP contribution < -0.4 is 10.1 Å². The molecule has 8 heteroatoms. The van der Waals surface area contributed by atoms with Gasteiger partial charge in [-0.05, 0) is 12.8 Å². The quantitative estimate of drug-likeness (QED) is 0.619. The standard InChI is InChI=1S/C12H18N4O4/c1-20-12-10(16(18)19)11(13-7-14-12)15-9-5-3-2-4-8(9)6-17/h7-9,17H,2-6H2,1H3,(H,13,14,15). The first-order chi connectivity index (χ1) is 9.67. The predicted molar refractivity (Wildman–Crippen MR) is 71.7 cm³/mol. The van der Waals surface area contributed by atoms with Gasteiger partial charge >= 0.3 is 5.69 Å². The fourth-order valence-electron chi connectivity index (χ4n) is 2.57. The predicted octanol–water partition coefficient (Wildman–Crippen LogP) is 1.36. The number of aromatic nitrogens is 2. The molecule has 1 aliphatic rings. The first-order valence-electron chi connectivity index (χ1n) is 6.58. The largest absolute Gasteiger partial charge is 0.476 e. The van der Waals surface area contributed by atoms with Crippen LogP contribution in [0.15, 0.2) is 6.33 Å². The van der Waals surface area contributed by atoms with Crippen molar-refractivity contribution in [3.05, 3.63) is 16.4 Å². The first kappa shape index (κ1) is 14.4. The molecule has 1 heterocycles. The number of nitrogens with one attached hydrogen (secondary N) is 1. The summed E-state index contributed by atoms with van der Waals surface area (Å²) in [5.74, 6) is 0.167. The molecular formula is C12H18N4O4. The van der Waals surface area contributed by atoms with E-state index in [1.54, 1.807) is 0 Å². The fraction of sp³-hybridized carbons (Fsp3) is 0.667. The van der Waals surface area contributed by atoms with Crippen molar-refractivity contribution < 1.29 is 14.8 Å². The summed E-state index contributed by atoms with van der Waals surface area (Å²) in [7, 11) is 1.33. The lowest BCUT2D eigenvalue weighted by molar-refractivity contribution is -0.385. The Labute approximate surface area is 116 Å². The molecule has 1 aromatic rings. The minimum atomic E-state index is -0.558. The second-order valence-corrected chi connectivity index (χ2v) is 4.82. The van der Waals surface area contributed by atoms with Crippen molar-refractivity contribution in [1.82, 2.24) is 9.97 Å². The summed E-state index contributed by atoms with van der Waals surface area (Å²) in [6.45, 7) is 0.0632. The molecule has 0 aromatic carbocycles. The van der Waals surface area contributed by atoms with E-state index >= 15 is 0 Å². The zero-order valence-electron chi connectivity index (χ0n) is 11.3. The molecule has 8 nitrogen and oxygen atoms in total. The third-order valence-corrected chi connectivity index (χ3v) is 3.63. The molecule has 1 aliphatic carbocycles. The fourth-order valence-corrected chi connectivity index (χ4v) is 2.57. The van der Waals surface area contributed by atoms with Crippen molar-refractivity contribution in [3.8, 4) is 5.88 Å². The maximum atomic E-state index is 11.2. The van der Waals surface area contributed by atoms with E-state index in [2.05, 4.69) is 15.3 Å². The molecule has 0 radical (unpaired) electrons. The number of rotatable bonds is 5. The topological polar surface area (TPSA) is 110 Å². The van der Waals surface area contributed by atoms with Crippen LogP contribution in [0.25, 0.3) is 0 Å². The summed E-state index contributed by atoms with van der Waals surface area (Å²) < 4.78 is 4.91. The van der Waals surface area contributed by atoms with Crippen molar-refractivity contribution in [2.24, 2.45) is 5.92 Å². The maximum absolute atomic E-state index is 11.2. The molecule has 1 aromatic heterocycles. The number of nitrogens with zero attached hydrogens (tertiary/aromatic N) is 3. The highest BCUT2D eigenvalue weighted by atomic mass is 16.6. The molecule has 1 saturated carbocycles. The number of methoxy groups -OCH3 is 1. The van der Waals surface area contributed by atoms with Gasteiger partial charge in [0.25, 0.3) is 5.88 Å². The van der Waals surface area contributed by atoms with Crippen LogP contribution in [-0.4, -0.2) is 39.8 Å². The summed E-state index contributed by atoms with van der Waals surface area (Å²) >= 11 is 0. The molecule has 1 fully saturated rings. The molecule has 110 valence electrons. The summed E-state index contributed by atoms with van der Waals surface area (Å²) in [5.41, 5.74) is -0.266. The highest BCUT2D eigenvalue weighted by molar-refractivity contribution is 5.61. The van der Waals surface area contributed by atoms with Crippen LogP contribution in [0.1, 0.15) is 25.7 Å². The number of aliphatic hydroxyl groups is 1. The smallest absolute Gasteiger partial charge is 0.372 e. The van der Waals surface area contributed by atoms with Crippen molar-refractivity contribution in [2.45, 2.75) is 31.7 Å². The van der Waals surface area contributed by atoms with Crippen LogP contribution in [0.2, 0.25) is 0 Å². The summed E-state index contributed by atoms with van der Waals surface area (Å²) in [4.78, 5) is 18.3. The zero-order valence-corrected chi connectivity index (χ0v) is 11.3. The highest BCUT2D eigenvalue weighted by Gasteiger charge is 2.29. The Morgan fingerprint density at radius 2 is 2.25 bits per heavy atom. The van der Waals surface area contributed by atoms with Gasteiger partial charge in [0.1, 0.15) is 6.33 Å². The SMILES string of the molecule is COc1ncnc(NC2CCCCC2CO)c1[N+](=O)[O-]. The van der Waals surface area contributed by atoms with E-state index in [4.69, 9.17) is 4.74 Å². The monoisotopic (exact) mass is 282 g/mol. The molecule has 20 heavy (non-hydrogen) atoms. The number of hydrogen-bond acceptors (Lipinski definition) is 7. The summed E-state index contributed by atoms with van der Waals surface area (Å²) in [5, 5.41) is 23.6. The molecule has 0 amide bonds. The Hall–Kier alpha value is -1.96. The van der Waals surface area contributed by atoms with Crippen molar-refractivity contribution in [3.63, 3.8) is 0 Å². The van der Waals surface area contributed by atoms with Gasteiger partial charge in [0.15, 0.2) is 0 Å². The van der Waals surface area contributed by atoms with E-state index in [1.807, 2.05) is 0 Å². The first-order valence-corrected chi connectivity index (χ1v) is 6.58. The molecule has 2 N–H and O–H groups in total. The molecule has 2 atom stereocenters. The van der Waals surface area contributed by atoms with Crippen molar-refractivity contribution >= 4 is 11.5 Å². The lowest BCUT2D eigenvalue weighted by Crippen LogP contribution is -2.34. The molecule has 0 spiro atoms. The second kappa shape index (κ2) is 6.47. The van der Waals surface area contributed by atoms with Crippen LogP contribution in [0.4, 0.5) is 11.5 Å². The van der Waals surface area contributed by atoms with E-state index in [0.717, 1.165) is 25.7 Å². The van der Waals surface area contributed by atoms with Crippen LogP contribution in [0.3, 0.4) is 0 Å². The minimum Gasteiger partial charge on any atom is -0.476 e. The van der Waals surface area contributed by atoms with Crippen LogP contribution >= 0.6 is 0 Å². The molecular weight excluding hydrogens is 264 g/mol. The number of nitro groups is 1. The van der Waals surface area contributed by atoms with E-state index in [0.29, 0.717) is 0 Å².